The zero-order chi connectivity index (χ0) is 17.6. The van der Waals surface area contributed by atoms with Crippen LogP contribution >= 0.6 is 11.3 Å². The third-order valence-electron chi connectivity index (χ3n) is 4.02. The van der Waals surface area contributed by atoms with Crippen molar-refractivity contribution in [2.45, 2.75) is 19.9 Å². The minimum Gasteiger partial charge on any atom is -0.483 e. The van der Waals surface area contributed by atoms with Crippen molar-refractivity contribution in [1.82, 2.24) is 5.32 Å². The fraction of sp³-hybridized carbons (Fsp3) is 0.190. The summed E-state index contributed by atoms with van der Waals surface area (Å²) in [4.78, 5) is 13.6. The van der Waals surface area contributed by atoms with Gasteiger partial charge in [0.25, 0.3) is 5.91 Å². The summed E-state index contributed by atoms with van der Waals surface area (Å²) in [5.74, 6) is 0.648. The van der Waals surface area contributed by atoms with Crippen molar-refractivity contribution in [3.8, 4) is 5.75 Å². The van der Waals surface area contributed by atoms with Gasteiger partial charge in [-0.3, -0.25) is 4.79 Å². The molecule has 0 fully saturated rings. The lowest BCUT2D eigenvalue weighted by Crippen LogP contribution is -2.33. The van der Waals surface area contributed by atoms with Crippen LogP contribution in [0.3, 0.4) is 0 Å². The number of ether oxygens (including phenoxy) is 1. The molecule has 3 nitrogen and oxygen atoms in total. The predicted octanol–water partition coefficient (Wildman–Crippen LogP) is 4.65. The van der Waals surface area contributed by atoms with E-state index in [1.165, 1.54) is 0 Å². The maximum Gasteiger partial charge on any atom is 0.258 e. The second-order valence-electron chi connectivity index (χ2n) is 5.94. The van der Waals surface area contributed by atoms with E-state index in [0.29, 0.717) is 0 Å². The number of carbonyl (C=O) groups is 1. The lowest BCUT2D eigenvalue weighted by molar-refractivity contribution is -0.123. The molecule has 1 aromatic heterocycles. The molecule has 0 aliphatic carbocycles. The van der Waals surface area contributed by atoms with Gasteiger partial charge in [-0.1, -0.05) is 54.6 Å². The SMILES string of the molecule is Cc1cccc(C)c1OCC(=O)N[C@@H](c1ccccc1)c1cccs1. The monoisotopic (exact) mass is 351 g/mol. The molecular formula is C21H21NO2S. The number of nitrogens with one attached hydrogen (secondary N) is 1. The van der Waals surface area contributed by atoms with Crippen LogP contribution in [0.4, 0.5) is 0 Å². The number of para-hydroxylation sites is 1. The maximum absolute atomic E-state index is 12.5. The number of amides is 1. The standard InChI is InChI=1S/C21H21NO2S/c1-15-8-6-9-16(2)21(15)24-14-19(23)22-20(18-12-7-13-25-18)17-10-4-3-5-11-17/h3-13,20H,14H2,1-2H3,(H,22,23)/t20-/m0/s1. The molecule has 25 heavy (non-hydrogen) atoms. The first kappa shape index (κ1) is 17.2. The Kier molecular flexibility index (Phi) is 5.51. The van der Waals surface area contributed by atoms with Crippen molar-refractivity contribution in [3.63, 3.8) is 0 Å². The summed E-state index contributed by atoms with van der Waals surface area (Å²) < 4.78 is 5.77. The first-order valence-corrected chi connectivity index (χ1v) is 9.10. The fourth-order valence-electron chi connectivity index (χ4n) is 2.79. The molecular weight excluding hydrogens is 330 g/mol. The summed E-state index contributed by atoms with van der Waals surface area (Å²) in [7, 11) is 0. The molecule has 0 saturated carbocycles. The van der Waals surface area contributed by atoms with Crippen molar-refractivity contribution in [1.29, 1.82) is 0 Å². The van der Waals surface area contributed by atoms with Crippen LogP contribution in [0.15, 0.2) is 66.0 Å². The molecule has 0 bridgehead atoms. The molecule has 0 saturated heterocycles. The molecule has 2 aromatic carbocycles. The summed E-state index contributed by atoms with van der Waals surface area (Å²) in [6, 6.07) is 19.8. The molecule has 3 rings (SSSR count). The van der Waals surface area contributed by atoms with E-state index in [-0.39, 0.29) is 18.6 Å². The van der Waals surface area contributed by atoms with Gasteiger partial charge in [-0.25, -0.2) is 0 Å². The number of carbonyl (C=O) groups excluding carboxylic acids is 1. The maximum atomic E-state index is 12.5. The number of rotatable bonds is 6. The van der Waals surface area contributed by atoms with Crippen molar-refractivity contribution < 1.29 is 9.53 Å². The first-order valence-electron chi connectivity index (χ1n) is 8.22. The molecule has 1 N–H and O–H groups in total. The molecule has 0 aliphatic heterocycles. The Bertz CT molecular complexity index is 808. The Balaban J connectivity index is 1.71. The van der Waals surface area contributed by atoms with E-state index in [9.17, 15) is 4.79 Å². The third-order valence-corrected chi connectivity index (χ3v) is 4.96. The van der Waals surface area contributed by atoms with E-state index in [1.54, 1.807) is 11.3 Å². The number of aryl methyl sites for hydroxylation is 2. The quantitative estimate of drug-likeness (QED) is 0.702. The van der Waals surface area contributed by atoms with Crippen molar-refractivity contribution in [2.24, 2.45) is 0 Å². The summed E-state index contributed by atoms with van der Waals surface area (Å²) >= 11 is 1.63. The normalized spacial score (nSPS) is 11.8. The summed E-state index contributed by atoms with van der Waals surface area (Å²) in [6.07, 6.45) is 0. The largest absolute Gasteiger partial charge is 0.483 e. The number of benzene rings is 2. The number of hydrogen-bond acceptors (Lipinski definition) is 3. The second-order valence-corrected chi connectivity index (χ2v) is 6.92. The average Bonchev–Trinajstić information content (AvgIpc) is 3.14. The summed E-state index contributed by atoms with van der Waals surface area (Å²) in [6.45, 7) is 3.97. The molecule has 4 heteroatoms. The van der Waals surface area contributed by atoms with Gasteiger partial charge in [0, 0.05) is 4.88 Å². The van der Waals surface area contributed by atoms with E-state index in [1.807, 2.05) is 79.9 Å². The van der Waals surface area contributed by atoms with Gasteiger partial charge in [0.05, 0.1) is 6.04 Å². The Hall–Kier alpha value is -2.59. The van der Waals surface area contributed by atoms with Gasteiger partial charge in [-0.2, -0.15) is 0 Å². The highest BCUT2D eigenvalue weighted by molar-refractivity contribution is 7.10. The highest BCUT2D eigenvalue weighted by atomic mass is 32.1. The number of thiophene rings is 1. The molecule has 1 heterocycles. The smallest absolute Gasteiger partial charge is 0.258 e. The van der Waals surface area contributed by atoms with E-state index < -0.39 is 0 Å². The van der Waals surface area contributed by atoms with Gasteiger partial charge >= 0.3 is 0 Å². The van der Waals surface area contributed by atoms with Crippen molar-refractivity contribution in [2.75, 3.05) is 6.61 Å². The molecule has 0 radical (unpaired) electrons. The van der Waals surface area contributed by atoms with Crippen LogP contribution in [0.2, 0.25) is 0 Å². The van der Waals surface area contributed by atoms with E-state index in [4.69, 9.17) is 4.74 Å². The predicted molar refractivity (Wildman–Crippen MR) is 102 cm³/mol. The van der Waals surface area contributed by atoms with Crippen molar-refractivity contribution >= 4 is 17.2 Å². The fourth-order valence-corrected chi connectivity index (χ4v) is 3.59. The molecule has 1 amide bonds. The van der Waals surface area contributed by atoms with E-state index >= 15 is 0 Å². The minimum absolute atomic E-state index is 0.000399. The zero-order valence-electron chi connectivity index (χ0n) is 14.4. The highest BCUT2D eigenvalue weighted by Crippen LogP contribution is 2.26. The molecule has 0 unspecified atom stereocenters. The van der Waals surface area contributed by atoms with Crippen molar-refractivity contribution in [3.05, 3.63) is 87.6 Å². The minimum atomic E-state index is -0.157. The molecule has 0 spiro atoms. The van der Waals surface area contributed by atoms with Crippen LogP contribution in [0, 0.1) is 13.8 Å². The molecule has 3 aromatic rings. The Morgan fingerprint density at radius 1 is 1.00 bits per heavy atom. The average molecular weight is 351 g/mol. The lowest BCUT2D eigenvalue weighted by atomic mass is 10.1. The van der Waals surface area contributed by atoms with E-state index in [0.717, 1.165) is 27.3 Å². The second kappa shape index (κ2) is 7.99. The van der Waals surface area contributed by atoms with Gasteiger partial charge in [0.1, 0.15) is 5.75 Å². The Labute approximate surface area is 152 Å². The highest BCUT2D eigenvalue weighted by Gasteiger charge is 2.18. The van der Waals surface area contributed by atoms with Crippen LogP contribution in [0.1, 0.15) is 27.6 Å². The van der Waals surface area contributed by atoms with Crippen LogP contribution in [-0.2, 0) is 4.79 Å². The van der Waals surface area contributed by atoms with Gasteiger partial charge < -0.3 is 10.1 Å². The molecule has 1 atom stereocenters. The number of hydrogen-bond donors (Lipinski definition) is 1. The molecule has 0 aliphatic rings. The van der Waals surface area contributed by atoms with Gasteiger partial charge in [-0.05, 0) is 42.0 Å². The van der Waals surface area contributed by atoms with Crippen LogP contribution < -0.4 is 10.1 Å². The van der Waals surface area contributed by atoms with Gasteiger partial charge in [0.15, 0.2) is 6.61 Å². The third kappa shape index (κ3) is 4.28. The van der Waals surface area contributed by atoms with Crippen LogP contribution in [-0.4, -0.2) is 12.5 Å². The summed E-state index contributed by atoms with van der Waals surface area (Å²) in [5.41, 5.74) is 3.13. The topological polar surface area (TPSA) is 38.3 Å². The van der Waals surface area contributed by atoms with Crippen LogP contribution in [0.5, 0.6) is 5.75 Å². The Morgan fingerprint density at radius 3 is 2.36 bits per heavy atom. The Morgan fingerprint density at radius 2 is 1.72 bits per heavy atom. The molecule has 128 valence electrons. The lowest BCUT2D eigenvalue weighted by Gasteiger charge is -2.19. The van der Waals surface area contributed by atoms with E-state index in [2.05, 4.69) is 5.32 Å². The van der Waals surface area contributed by atoms with Gasteiger partial charge in [0.2, 0.25) is 0 Å². The zero-order valence-corrected chi connectivity index (χ0v) is 15.2. The van der Waals surface area contributed by atoms with Crippen LogP contribution in [0.25, 0.3) is 0 Å². The first-order chi connectivity index (χ1) is 12.1. The van der Waals surface area contributed by atoms with Gasteiger partial charge in [-0.15, -0.1) is 11.3 Å². The summed E-state index contributed by atoms with van der Waals surface area (Å²) in [5, 5.41) is 5.11.